The first-order valence-electron chi connectivity index (χ1n) is 9.73. The Hall–Kier alpha value is -2.44. The summed E-state index contributed by atoms with van der Waals surface area (Å²) in [6, 6.07) is 5.37. The first kappa shape index (κ1) is 21.9. The van der Waals surface area contributed by atoms with Gasteiger partial charge in [0.15, 0.2) is 0 Å². The summed E-state index contributed by atoms with van der Waals surface area (Å²) in [5.74, 6) is 1.52. The molecule has 156 valence electrons. The van der Waals surface area contributed by atoms with Gasteiger partial charge in [0.1, 0.15) is 18.1 Å². The highest BCUT2D eigenvalue weighted by Crippen LogP contribution is 2.34. The van der Waals surface area contributed by atoms with Gasteiger partial charge in [0.05, 0.1) is 12.3 Å². The maximum atomic E-state index is 12.8. The normalized spacial score (nSPS) is 16.9. The summed E-state index contributed by atoms with van der Waals surface area (Å²) in [5.41, 5.74) is 0.135. The van der Waals surface area contributed by atoms with E-state index in [4.69, 9.17) is 14.2 Å². The minimum atomic E-state index is -1.02. The second kappa shape index (κ2) is 9.17. The predicted octanol–water partition coefficient (Wildman–Crippen LogP) is 3.75. The number of alkyl carbamates (subject to hydrolysis) is 1. The van der Waals surface area contributed by atoms with E-state index in [0.717, 1.165) is 12.8 Å². The van der Waals surface area contributed by atoms with E-state index in [1.165, 1.54) is 4.90 Å². The van der Waals surface area contributed by atoms with E-state index in [2.05, 4.69) is 19.2 Å². The van der Waals surface area contributed by atoms with E-state index < -0.39 is 17.7 Å². The number of carbonyl (C=O) groups is 2. The van der Waals surface area contributed by atoms with Crippen molar-refractivity contribution in [1.29, 1.82) is 0 Å². The summed E-state index contributed by atoms with van der Waals surface area (Å²) < 4.78 is 16.8. The van der Waals surface area contributed by atoms with Crippen LogP contribution in [0.2, 0.25) is 0 Å². The fourth-order valence-electron chi connectivity index (χ4n) is 2.77. The first-order chi connectivity index (χ1) is 13.1. The van der Waals surface area contributed by atoms with Gasteiger partial charge in [0.2, 0.25) is 6.10 Å². The number of benzene rings is 1. The fourth-order valence-corrected chi connectivity index (χ4v) is 2.77. The van der Waals surface area contributed by atoms with Crippen LogP contribution in [-0.4, -0.2) is 43.9 Å². The zero-order chi connectivity index (χ0) is 20.9. The van der Waals surface area contributed by atoms with Crippen LogP contribution in [0.3, 0.4) is 0 Å². The van der Waals surface area contributed by atoms with Crippen LogP contribution in [0.5, 0.6) is 11.5 Å². The van der Waals surface area contributed by atoms with Gasteiger partial charge in [-0.25, -0.2) is 4.79 Å². The molecular weight excluding hydrogens is 360 g/mol. The summed E-state index contributed by atoms with van der Waals surface area (Å²) in [6.45, 7) is 10.5. The molecule has 1 N–H and O–H groups in total. The minimum Gasteiger partial charge on any atom is -0.494 e. The number of carbonyl (C=O) groups excluding carboxylic acids is 2. The van der Waals surface area contributed by atoms with Crippen LogP contribution in [0.4, 0.5) is 10.5 Å². The molecule has 0 spiro atoms. The average molecular weight is 392 g/mol. The van der Waals surface area contributed by atoms with Crippen molar-refractivity contribution in [2.45, 2.75) is 59.1 Å². The minimum absolute atomic E-state index is 0.0394. The van der Waals surface area contributed by atoms with E-state index in [9.17, 15) is 9.59 Å². The van der Waals surface area contributed by atoms with Crippen molar-refractivity contribution in [1.82, 2.24) is 5.32 Å². The molecule has 1 aliphatic rings. The van der Waals surface area contributed by atoms with Crippen LogP contribution in [-0.2, 0) is 9.53 Å². The number of amides is 2. The molecule has 7 heteroatoms. The average Bonchev–Trinajstić information content (AvgIpc) is 2.69. The van der Waals surface area contributed by atoms with E-state index in [0.29, 0.717) is 29.7 Å². The Balaban J connectivity index is 2.04. The molecule has 1 aromatic carbocycles. The van der Waals surface area contributed by atoms with Gasteiger partial charge >= 0.3 is 6.09 Å². The number of fused-ring (bicyclic) bond motifs is 1. The Morgan fingerprint density at radius 3 is 2.71 bits per heavy atom. The number of likely N-dealkylation sites (N-methyl/N-ethyl adjacent to an activating group) is 1. The van der Waals surface area contributed by atoms with Gasteiger partial charge in [-0.2, -0.15) is 0 Å². The molecule has 1 atom stereocenters. The molecule has 7 nitrogen and oxygen atoms in total. The Kier molecular flexibility index (Phi) is 7.16. The van der Waals surface area contributed by atoms with Crippen molar-refractivity contribution in [3.05, 3.63) is 18.2 Å². The number of hydrogen-bond acceptors (Lipinski definition) is 5. The quantitative estimate of drug-likeness (QED) is 0.746. The molecule has 1 aromatic rings. The van der Waals surface area contributed by atoms with Gasteiger partial charge in [0.25, 0.3) is 5.91 Å². The molecule has 28 heavy (non-hydrogen) atoms. The van der Waals surface area contributed by atoms with E-state index >= 15 is 0 Å². The molecule has 2 amide bonds. The van der Waals surface area contributed by atoms with Gasteiger partial charge in [0, 0.05) is 18.7 Å². The topological polar surface area (TPSA) is 77.1 Å². The second-order valence-electron chi connectivity index (χ2n) is 8.49. The maximum Gasteiger partial charge on any atom is 0.408 e. The van der Waals surface area contributed by atoms with Crippen molar-refractivity contribution in [2.24, 2.45) is 5.92 Å². The lowest BCUT2D eigenvalue weighted by molar-refractivity contribution is -0.127. The van der Waals surface area contributed by atoms with Crippen molar-refractivity contribution in [3.8, 4) is 11.5 Å². The number of rotatable bonds is 6. The molecule has 0 saturated carbocycles. The van der Waals surface area contributed by atoms with Crippen LogP contribution in [0.1, 0.15) is 47.5 Å². The zero-order valence-electron chi connectivity index (χ0n) is 17.7. The van der Waals surface area contributed by atoms with Crippen LogP contribution in [0, 0.1) is 5.92 Å². The van der Waals surface area contributed by atoms with Gasteiger partial charge in [-0.1, -0.05) is 13.8 Å². The summed E-state index contributed by atoms with van der Waals surface area (Å²) in [5, 5.41) is 2.68. The van der Waals surface area contributed by atoms with Gasteiger partial charge < -0.3 is 24.4 Å². The first-order valence-corrected chi connectivity index (χ1v) is 9.73. The van der Waals surface area contributed by atoms with Crippen molar-refractivity contribution >= 4 is 17.7 Å². The van der Waals surface area contributed by atoms with E-state index in [1.54, 1.807) is 19.2 Å². The highest BCUT2D eigenvalue weighted by atomic mass is 16.6. The Morgan fingerprint density at radius 1 is 1.36 bits per heavy atom. The Labute approximate surface area is 167 Å². The lowest BCUT2D eigenvalue weighted by atomic mass is 10.1. The number of anilines is 1. The third kappa shape index (κ3) is 6.32. The van der Waals surface area contributed by atoms with E-state index in [1.807, 2.05) is 26.8 Å². The maximum absolute atomic E-state index is 12.8. The largest absolute Gasteiger partial charge is 0.494 e. The Bertz CT molecular complexity index is 697. The van der Waals surface area contributed by atoms with Crippen molar-refractivity contribution in [2.75, 3.05) is 25.2 Å². The number of nitrogens with one attached hydrogen (secondary N) is 1. The molecule has 0 bridgehead atoms. The third-order valence-corrected chi connectivity index (χ3v) is 4.21. The number of hydrogen-bond donors (Lipinski definition) is 1. The zero-order valence-corrected chi connectivity index (χ0v) is 17.7. The summed E-state index contributed by atoms with van der Waals surface area (Å²) in [7, 11) is 1.64. The smallest absolute Gasteiger partial charge is 0.408 e. The van der Waals surface area contributed by atoms with Crippen LogP contribution >= 0.6 is 0 Å². The predicted molar refractivity (Wildman–Crippen MR) is 108 cm³/mol. The molecule has 0 unspecified atom stereocenters. The molecule has 1 aliphatic heterocycles. The monoisotopic (exact) mass is 392 g/mol. The van der Waals surface area contributed by atoms with E-state index in [-0.39, 0.29) is 12.5 Å². The summed E-state index contributed by atoms with van der Waals surface area (Å²) in [6.07, 6.45) is 0.402. The lowest BCUT2D eigenvalue weighted by Crippen LogP contribution is -2.46. The number of nitrogens with zero attached hydrogens (tertiary/aromatic N) is 1. The molecule has 2 rings (SSSR count). The van der Waals surface area contributed by atoms with Gasteiger partial charge in [-0.15, -0.1) is 0 Å². The summed E-state index contributed by atoms with van der Waals surface area (Å²) >= 11 is 0. The van der Waals surface area contributed by atoms with Gasteiger partial charge in [-0.3, -0.25) is 4.79 Å². The Morgan fingerprint density at radius 2 is 2.07 bits per heavy atom. The molecule has 0 radical (unpaired) electrons. The second-order valence-corrected chi connectivity index (χ2v) is 8.49. The molecule has 0 aromatic heterocycles. The van der Waals surface area contributed by atoms with Crippen LogP contribution in [0.15, 0.2) is 18.2 Å². The standard InChI is InChI=1S/C21H32N2O5/c1-14(2)8-7-11-26-15-9-10-17-16(12-15)23(6)19(24)18(13-27-17)28-20(25)22-21(3,4)5/h9-10,12,14,18H,7-8,11,13H2,1-6H3,(H,22,25)/t18-/m0/s1. The molecular formula is C21H32N2O5. The molecule has 1 heterocycles. The van der Waals surface area contributed by atoms with Gasteiger partial charge in [-0.05, 0) is 51.7 Å². The SMILES string of the molecule is CC(C)CCCOc1ccc2c(c1)N(C)C(=O)[C@@H](OC(=O)NC(C)(C)C)CO2. The van der Waals surface area contributed by atoms with Crippen LogP contribution < -0.4 is 19.7 Å². The van der Waals surface area contributed by atoms with Crippen molar-refractivity contribution in [3.63, 3.8) is 0 Å². The molecule has 0 aliphatic carbocycles. The van der Waals surface area contributed by atoms with Crippen molar-refractivity contribution < 1.29 is 23.8 Å². The third-order valence-electron chi connectivity index (χ3n) is 4.21. The molecule has 0 fully saturated rings. The molecule has 0 saturated heterocycles. The fraction of sp³-hybridized carbons (Fsp3) is 0.619. The number of ether oxygens (including phenoxy) is 3. The summed E-state index contributed by atoms with van der Waals surface area (Å²) in [4.78, 5) is 26.2. The highest BCUT2D eigenvalue weighted by molar-refractivity contribution is 5.99. The highest BCUT2D eigenvalue weighted by Gasteiger charge is 2.33. The lowest BCUT2D eigenvalue weighted by Gasteiger charge is -2.23. The van der Waals surface area contributed by atoms with Crippen LogP contribution in [0.25, 0.3) is 0 Å².